The van der Waals surface area contributed by atoms with Gasteiger partial charge in [0.05, 0.1) is 6.61 Å². The van der Waals surface area contributed by atoms with Crippen LogP contribution >= 0.6 is 0 Å². The zero-order valence-electron chi connectivity index (χ0n) is 11.4. The molecule has 0 aliphatic heterocycles. The number of alkyl halides is 3. The second-order valence-corrected chi connectivity index (χ2v) is 4.46. The molecule has 0 saturated heterocycles. The summed E-state index contributed by atoms with van der Waals surface area (Å²) in [6.07, 6.45) is -2.58. The van der Waals surface area contributed by atoms with Gasteiger partial charge in [0.1, 0.15) is 6.61 Å². The Morgan fingerprint density at radius 1 is 1.32 bits per heavy atom. The predicted octanol–water partition coefficient (Wildman–Crippen LogP) is 1.84. The third-order valence-electron chi connectivity index (χ3n) is 2.93. The van der Waals surface area contributed by atoms with Crippen LogP contribution in [0.15, 0.2) is 0 Å². The molecule has 114 valence electrons. The maximum Gasteiger partial charge on any atom is 0.411 e. The zero-order chi connectivity index (χ0) is 14.9. The summed E-state index contributed by atoms with van der Waals surface area (Å²) in [5.74, 6) is -0.00893. The van der Waals surface area contributed by atoms with E-state index in [1.54, 1.807) is 0 Å². The molecule has 0 heterocycles. The molecule has 0 aromatic carbocycles. The van der Waals surface area contributed by atoms with Gasteiger partial charge >= 0.3 is 6.18 Å². The topological polar surface area (TPSA) is 64.3 Å². The highest BCUT2D eigenvalue weighted by atomic mass is 19.4. The Kier molecular flexibility index (Phi) is 8.75. The molecule has 3 N–H and O–H groups in total. The van der Waals surface area contributed by atoms with Crippen molar-refractivity contribution in [3.8, 4) is 0 Å². The number of nitrogens with two attached hydrogens (primary N) is 1. The highest BCUT2D eigenvalue weighted by molar-refractivity contribution is 5.75. The van der Waals surface area contributed by atoms with Gasteiger partial charge in [0, 0.05) is 19.0 Å². The van der Waals surface area contributed by atoms with Crippen LogP contribution < -0.4 is 11.1 Å². The van der Waals surface area contributed by atoms with Crippen LogP contribution in [0.4, 0.5) is 13.2 Å². The van der Waals surface area contributed by atoms with Crippen molar-refractivity contribution in [3.05, 3.63) is 0 Å². The molecule has 0 radical (unpaired) electrons. The van der Waals surface area contributed by atoms with Crippen molar-refractivity contribution in [1.82, 2.24) is 5.32 Å². The summed E-state index contributed by atoms with van der Waals surface area (Å²) in [6, 6.07) is -0.130. The molecule has 1 amide bonds. The van der Waals surface area contributed by atoms with Gasteiger partial charge in [-0.15, -0.1) is 0 Å². The van der Waals surface area contributed by atoms with E-state index >= 15 is 0 Å². The van der Waals surface area contributed by atoms with Crippen LogP contribution in [0.2, 0.25) is 0 Å². The molecule has 0 rings (SSSR count). The number of amides is 1. The number of carbonyl (C=O) groups is 1. The van der Waals surface area contributed by atoms with Gasteiger partial charge in [0.2, 0.25) is 5.91 Å². The average molecular weight is 284 g/mol. The average Bonchev–Trinajstić information content (AvgIpc) is 2.32. The SMILES string of the molecule is CCC(CC)C(N)CNC(=O)CCOCC(F)(F)F. The highest BCUT2D eigenvalue weighted by Gasteiger charge is 2.27. The summed E-state index contributed by atoms with van der Waals surface area (Å²) in [7, 11) is 0. The largest absolute Gasteiger partial charge is 0.411 e. The number of hydrogen-bond donors (Lipinski definition) is 2. The van der Waals surface area contributed by atoms with Gasteiger partial charge < -0.3 is 15.8 Å². The first-order chi connectivity index (χ1) is 8.80. The first-order valence-corrected chi connectivity index (χ1v) is 6.46. The quantitative estimate of drug-likeness (QED) is 0.635. The lowest BCUT2D eigenvalue weighted by Crippen LogP contribution is -2.42. The minimum Gasteiger partial charge on any atom is -0.372 e. The third-order valence-corrected chi connectivity index (χ3v) is 2.93. The van der Waals surface area contributed by atoms with Crippen molar-refractivity contribution < 1.29 is 22.7 Å². The monoisotopic (exact) mass is 284 g/mol. The fourth-order valence-corrected chi connectivity index (χ4v) is 1.73. The van der Waals surface area contributed by atoms with Crippen molar-refractivity contribution in [1.29, 1.82) is 0 Å². The van der Waals surface area contributed by atoms with Crippen LogP contribution in [0.25, 0.3) is 0 Å². The summed E-state index contributed by atoms with van der Waals surface area (Å²) in [4.78, 5) is 11.3. The van der Waals surface area contributed by atoms with Crippen LogP contribution in [-0.2, 0) is 9.53 Å². The number of halogens is 3. The van der Waals surface area contributed by atoms with Crippen LogP contribution in [0.3, 0.4) is 0 Å². The van der Waals surface area contributed by atoms with Gasteiger partial charge in [-0.25, -0.2) is 0 Å². The van der Waals surface area contributed by atoms with E-state index in [2.05, 4.69) is 10.1 Å². The maximum atomic E-state index is 11.8. The summed E-state index contributed by atoms with van der Waals surface area (Å²) in [6.45, 7) is 2.82. The van der Waals surface area contributed by atoms with E-state index in [1.807, 2.05) is 13.8 Å². The smallest absolute Gasteiger partial charge is 0.372 e. The van der Waals surface area contributed by atoms with Crippen molar-refractivity contribution in [2.75, 3.05) is 19.8 Å². The fourth-order valence-electron chi connectivity index (χ4n) is 1.73. The first kappa shape index (κ1) is 18.2. The van der Waals surface area contributed by atoms with Crippen LogP contribution in [0, 0.1) is 5.92 Å². The Balaban J connectivity index is 3.70. The second-order valence-electron chi connectivity index (χ2n) is 4.46. The Morgan fingerprint density at radius 3 is 2.37 bits per heavy atom. The Hall–Kier alpha value is -0.820. The molecule has 0 saturated carbocycles. The number of rotatable bonds is 9. The molecule has 0 aliphatic carbocycles. The number of ether oxygens (including phenoxy) is 1. The first-order valence-electron chi connectivity index (χ1n) is 6.46. The molecular weight excluding hydrogens is 261 g/mol. The lowest BCUT2D eigenvalue weighted by Gasteiger charge is -2.21. The van der Waals surface area contributed by atoms with Crippen molar-refractivity contribution >= 4 is 5.91 Å². The second kappa shape index (κ2) is 9.14. The van der Waals surface area contributed by atoms with Gasteiger partial charge in [-0.05, 0) is 5.92 Å². The lowest BCUT2D eigenvalue weighted by atomic mass is 9.95. The molecule has 7 heteroatoms. The van der Waals surface area contributed by atoms with E-state index in [9.17, 15) is 18.0 Å². The maximum absolute atomic E-state index is 11.8. The van der Waals surface area contributed by atoms with Gasteiger partial charge in [0.25, 0.3) is 0 Å². The standard InChI is InChI=1S/C12H23F3N2O2/c1-3-9(4-2)10(16)7-17-11(18)5-6-19-8-12(13,14)15/h9-10H,3-8,16H2,1-2H3,(H,17,18). The van der Waals surface area contributed by atoms with Crippen LogP contribution in [-0.4, -0.2) is 37.9 Å². The van der Waals surface area contributed by atoms with Crippen LogP contribution in [0.5, 0.6) is 0 Å². The molecule has 4 nitrogen and oxygen atoms in total. The molecular formula is C12H23F3N2O2. The van der Waals surface area contributed by atoms with E-state index in [-0.39, 0.29) is 25.0 Å². The van der Waals surface area contributed by atoms with E-state index in [0.29, 0.717) is 12.5 Å². The molecule has 0 bridgehead atoms. The van der Waals surface area contributed by atoms with E-state index < -0.39 is 12.8 Å². The summed E-state index contributed by atoms with van der Waals surface area (Å²) in [5.41, 5.74) is 5.90. The normalized spacial score (nSPS) is 13.6. The van der Waals surface area contributed by atoms with Crippen molar-refractivity contribution in [2.24, 2.45) is 11.7 Å². The lowest BCUT2D eigenvalue weighted by molar-refractivity contribution is -0.174. The van der Waals surface area contributed by atoms with Gasteiger partial charge in [-0.1, -0.05) is 26.7 Å². The van der Waals surface area contributed by atoms with Gasteiger partial charge in [0.15, 0.2) is 0 Å². The number of hydrogen-bond acceptors (Lipinski definition) is 3. The summed E-state index contributed by atoms with van der Waals surface area (Å²) < 4.78 is 39.6. The molecule has 0 aromatic heterocycles. The minimum absolute atomic E-state index is 0.0916. The number of nitrogens with one attached hydrogen (secondary N) is 1. The van der Waals surface area contributed by atoms with E-state index in [1.165, 1.54) is 0 Å². The fraction of sp³-hybridized carbons (Fsp3) is 0.917. The van der Waals surface area contributed by atoms with Crippen molar-refractivity contribution in [3.63, 3.8) is 0 Å². The molecule has 0 aliphatic rings. The molecule has 0 spiro atoms. The predicted molar refractivity (Wildman–Crippen MR) is 66.5 cm³/mol. The number of carbonyl (C=O) groups excluding carboxylic acids is 1. The molecule has 19 heavy (non-hydrogen) atoms. The van der Waals surface area contributed by atoms with E-state index in [0.717, 1.165) is 12.8 Å². The minimum atomic E-state index is -4.35. The molecule has 0 aromatic rings. The highest BCUT2D eigenvalue weighted by Crippen LogP contribution is 2.14. The molecule has 1 atom stereocenters. The van der Waals surface area contributed by atoms with Crippen molar-refractivity contribution in [2.45, 2.75) is 45.3 Å². The zero-order valence-corrected chi connectivity index (χ0v) is 11.4. The Labute approximate surface area is 111 Å². The summed E-state index contributed by atoms with van der Waals surface area (Å²) in [5, 5.41) is 2.60. The van der Waals surface area contributed by atoms with Crippen LogP contribution in [0.1, 0.15) is 33.1 Å². The Bertz CT molecular complexity index is 256. The molecule has 1 unspecified atom stereocenters. The Morgan fingerprint density at radius 2 is 1.89 bits per heavy atom. The van der Waals surface area contributed by atoms with E-state index in [4.69, 9.17) is 5.73 Å². The third kappa shape index (κ3) is 9.72. The molecule has 0 fully saturated rings. The van der Waals surface area contributed by atoms with Gasteiger partial charge in [-0.3, -0.25) is 4.79 Å². The summed E-state index contributed by atoms with van der Waals surface area (Å²) >= 11 is 0. The van der Waals surface area contributed by atoms with Gasteiger partial charge in [-0.2, -0.15) is 13.2 Å².